The monoisotopic (exact) mass is 376 g/mol. The molecule has 2 rings (SSSR count). The Morgan fingerprint density at radius 1 is 1.27 bits per heavy atom. The van der Waals surface area contributed by atoms with Gasteiger partial charge in [-0.2, -0.15) is 0 Å². The minimum absolute atomic E-state index is 0.0720. The first-order valence-corrected chi connectivity index (χ1v) is 9.09. The number of nitrogens with two attached hydrogens (primary N) is 1. The summed E-state index contributed by atoms with van der Waals surface area (Å²) in [6.07, 6.45) is 1.36. The summed E-state index contributed by atoms with van der Waals surface area (Å²) in [6.45, 7) is 6.10. The zero-order valence-corrected chi connectivity index (χ0v) is 16.1. The van der Waals surface area contributed by atoms with Crippen molar-refractivity contribution in [3.63, 3.8) is 0 Å². The average molecular weight is 377 g/mol. The standard InChI is InChI=1S/C19H25ClN4O2/c1-4-15(9-14(20)11-21)26-16-8-13(3)22-17(10-16)19(25)24-18-7-5-6-12(2)23-18/h5-8,10,14-15H,4,9,11,21H2,1-3H3,(H,23,24,25). The van der Waals surface area contributed by atoms with Crippen molar-refractivity contribution in [1.29, 1.82) is 0 Å². The number of hydrogen-bond acceptors (Lipinski definition) is 5. The highest BCUT2D eigenvalue weighted by atomic mass is 35.5. The molecule has 0 fully saturated rings. The van der Waals surface area contributed by atoms with E-state index in [-0.39, 0.29) is 23.1 Å². The summed E-state index contributed by atoms with van der Waals surface area (Å²) in [7, 11) is 0. The van der Waals surface area contributed by atoms with Crippen LogP contribution >= 0.6 is 11.6 Å². The molecule has 7 heteroatoms. The van der Waals surface area contributed by atoms with Crippen LogP contribution in [0.2, 0.25) is 0 Å². The van der Waals surface area contributed by atoms with Gasteiger partial charge < -0.3 is 15.8 Å². The van der Waals surface area contributed by atoms with Crippen LogP contribution in [0, 0.1) is 13.8 Å². The van der Waals surface area contributed by atoms with Gasteiger partial charge in [0.1, 0.15) is 17.3 Å². The molecule has 26 heavy (non-hydrogen) atoms. The number of rotatable bonds is 8. The molecule has 0 spiro atoms. The number of pyridine rings is 2. The summed E-state index contributed by atoms with van der Waals surface area (Å²) in [4.78, 5) is 21.1. The Kier molecular flexibility index (Phi) is 7.36. The van der Waals surface area contributed by atoms with Crippen molar-refractivity contribution >= 4 is 23.3 Å². The van der Waals surface area contributed by atoms with E-state index in [9.17, 15) is 4.79 Å². The fraction of sp³-hybridized carbons (Fsp3) is 0.421. The molecule has 0 bridgehead atoms. The Bertz CT molecular complexity index is 754. The number of aromatic nitrogens is 2. The largest absolute Gasteiger partial charge is 0.490 e. The third kappa shape index (κ3) is 5.97. The number of carbonyl (C=O) groups is 1. The van der Waals surface area contributed by atoms with Gasteiger partial charge in [-0.15, -0.1) is 11.6 Å². The first-order valence-electron chi connectivity index (χ1n) is 8.65. The van der Waals surface area contributed by atoms with Crippen LogP contribution in [-0.2, 0) is 0 Å². The SMILES string of the molecule is CCC(CC(Cl)CN)Oc1cc(C)nc(C(=O)Nc2cccc(C)n2)c1. The van der Waals surface area contributed by atoms with Crippen molar-refractivity contribution in [3.05, 3.63) is 47.4 Å². The number of alkyl halides is 1. The molecule has 2 aromatic heterocycles. The Balaban J connectivity index is 2.14. The quantitative estimate of drug-likeness (QED) is 0.688. The lowest BCUT2D eigenvalue weighted by atomic mass is 10.1. The van der Waals surface area contributed by atoms with Crippen LogP contribution in [0.4, 0.5) is 5.82 Å². The van der Waals surface area contributed by atoms with E-state index in [0.29, 0.717) is 30.2 Å². The molecule has 3 N–H and O–H groups in total. The first kappa shape index (κ1) is 20.1. The second kappa shape index (κ2) is 9.50. The van der Waals surface area contributed by atoms with Gasteiger partial charge in [-0.1, -0.05) is 13.0 Å². The van der Waals surface area contributed by atoms with Gasteiger partial charge in [0.25, 0.3) is 5.91 Å². The molecule has 2 heterocycles. The lowest BCUT2D eigenvalue weighted by Crippen LogP contribution is -2.25. The molecule has 2 unspecified atom stereocenters. The number of anilines is 1. The molecule has 2 atom stereocenters. The van der Waals surface area contributed by atoms with Crippen LogP contribution in [0.15, 0.2) is 30.3 Å². The van der Waals surface area contributed by atoms with E-state index in [1.807, 2.05) is 32.9 Å². The van der Waals surface area contributed by atoms with E-state index >= 15 is 0 Å². The highest BCUT2D eigenvalue weighted by Crippen LogP contribution is 2.20. The van der Waals surface area contributed by atoms with Crippen molar-refractivity contribution in [2.24, 2.45) is 5.73 Å². The number of hydrogen-bond donors (Lipinski definition) is 2. The Labute approximate surface area is 159 Å². The normalized spacial score (nSPS) is 13.1. The molecular formula is C19H25ClN4O2. The van der Waals surface area contributed by atoms with Crippen molar-refractivity contribution in [2.45, 2.75) is 45.1 Å². The predicted molar refractivity (Wildman–Crippen MR) is 104 cm³/mol. The molecule has 140 valence electrons. The van der Waals surface area contributed by atoms with E-state index in [1.54, 1.807) is 18.2 Å². The van der Waals surface area contributed by atoms with Crippen LogP contribution in [0.3, 0.4) is 0 Å². The third-order valence-electron chi connectivity index (χ3n) is 3.82. The zero-order chi connectivity index (χ0) is 19.1. The molecule has 6 nitrogen and oxygen atoms in total. The number of carbonyl (C=O) groups excluding carboxylic acids is 1. The van der Waals surface area contributed by atoms with Gasteiger partial charge in [-0.3, -0.25) is 4.79 Å². The van der Waals surface area contributed by atoms with Gasteiger partial charge in [-0.05, 0) is 32.4 Å². The van der Waals surface area contributed by atoms with E-state index in [4.69, 9.17) is 22.1 Å². The van der Waals surface area contributed by atoms with Crippen LogP contribution in [-0.4, -0.2) is 33.9 Å². The average Bonchev–Trinajstić information content (AvgIpc) is 2.60. The minimum Gasteiger partial charge on any atom is -0.490 e. The number of halogens is 1. The van der Waals surface area contributed by atoms with Gasteiger partial charge in [-0.25, -0.2) is 9.97 Å². The van der Waals surface area contributed by atoms with Crippen molar-refractivity contribution < 1.29 is 9.53 Å². The van der Waals surface area contributed by atoms with Gasteiger partial charge in [0.15, 0.2) is 0 Å². The molecule has 0 aliphatic heterocycles. The molecule has 0 aromatic carbocycles. The molecule has 2 aromatic rings. The lowest BCUT2D eigenvalue weighted by molar-refractivity contribution is 0.102. The fourth-order valence-electron chi connectivity index (χ4n) is 2.49. The predicted octanol–water partition coefficient (Wildman–Crippen LogP) is 3.46. The summed E-state index contributed by atoms with van der Waals surface area (Å²) < 4.78 is 6.00. The highest BCUT2D eigenvalue weighted by molar-refractivity contribution is 6.20. The summed E-state index contributed by atoms with van der Waals surface area (Å²) in [5.74, 6) is 0.745. The van der Waals surface area contributed by atoms with E-state index in [0.717, 1.165) is 12.1 Å². The summed E-state index contributed by atoms with van der Waals surface area (Å²) in [5.41, 5.74) is 7.38. The number of nitrogens with zero attached hydrogens (tertiary/aromatic N) is 2. The zero-order valence-electron chi connectivity index (χ0n) is 15.3. The molecule has 0 aliphatic carbocycles. The van der Waals surface area contributed by atoms with Crippen LogP contribution < -0.4 is 15.8 Å². The van der Waals surface area contributed by atoms with Crippen LogP contribution in [0.5, 0.6) is 5.75 Å². The van der Waals surface area contributed by atoms with E-state index in [2.05, 4.69) is 15.3 Å². The third-order valence-corrected chi connectivity index (χ3v) is 4.18. The van der Waals surface area contributed by atoms with Gasteiger partial charge >= 0.3 is 0 Å². The molecule has 0 saturated heterocycles. The Morgan fingerprint density at radius 3 is 2.69 bits per heavy atom. The second-order valence-corrected chi connectivity index (χ2v) is 6.78. The van der Waals surface area contributed by atoms with Crippen molar-refractivity contribution in [3.8, 4) is 5.75 Å². The first-order chi connectivity index (χ1) is 12.4. The number of amides is 1. The maximum absolute atomic E-state index is 12.5. The summed E-state index contributed by atoms with van der Waals surface area (Å²) in [6, 6.07) is 8.87. The van der Waals surface area contributed by atoms with Gasteiger partial charge in [0, 0.05) is 41.9 Å². The lowest BCUT2D eigenvalue weighted by Gasteiger charge is -2.20. The molecule has 0 aliphatic rings. The van der Waals surface area contributed by atoms with E-state index in [1.165, 1.54) is 0 Å². The summed E-state index contributed by atoms with van der Waals surface area (Å²) in [5, 5.41) is 2.62. The molecule has 0 radical (unpaired) electrons. The number of nitrogens with one attached hydrogen (secondary N) is 1. The van der Waals surface area contributed by atoms with Gasteiger partial charge in [0.2, 0.25) is 0 Å². The Morgan fingerprint density at radius 2 is 2.04 bits per heavy atom. The molecular weight excluding hydrogens is 352 g/mol. The Hall–Kier alpha value is -2.18. The topological polar surface area (TPSA) is 90.1 Å². The van der Waals surface area contributed by atoms with Crippen LogP contribution in [0.25, 0.3) is 0 Å². The van der Waals surface area contributed by atoms with Crippen LogP contribution in [0.1, 0.15) is 41.6 Å². The van der Waals surface area contributed by atoms with Crippen molar-refractivity contribution in [2.75, 3.05) is 11.9 Å². The van der Waals surface area contributed by atoms with E-state index < -0.39 is 0 Å². The molecule has 1 amide bonds. The number of aryl methyl sites for hydroxylation is 2. The maximum Gasteiger partial charge on any atom is 0.275 e. The summed E-state index contributed by atoms with van der Waals surface area (Å²) >= 11 is 6.13. The van der Waals surface area contributed by atoms with Gasteiger partial charge in [0.05, 0.1) is 6.10 Å². The molecule has 0 saturated carbocycles. The maximum atomic E-state index is 12.5. The smallest absolute Gasteiger partial charge is 0.275 e. The minimum atomic E-state index is -0.332. The van der Waals surface area contributed by atoms with Crippen molar-refractivity contribution in [1.82, 2.24) is 9.97 Å². The highest BCUT2D eigenvalue weighted by Gasteiger charge is 2.16. The number of ether oxygens (including phenoxy) is 1. The second-order valence-electron chi connectivity index (χ2n) is 6.16. The fourth-order valence-corrected chi connectivity index (χ4v) is 2.68.